The summed E-state index contributed by atoms with van der Waals surface area (Å²) in [5.74, 6) is 3.59. The fourth-order valence-corrected chi connectivity index (χ4v) is 4.37. The number of hydrogen-bond donors (Lipinski definition) is 1. The molecule has 2 aromatic rings. The van der Waals surface area contributed by atoms with Gasteiger partial charge in [0.1, 0.15) is 0 Å². The van der Waals surface area contributed by atoms with Gasteiger partial charge in [-0.3, -0.25) is 9.78 Å². The highest BCUT2D eigenvalue weighted by Crippen LogP contribution is 2.39. The average Bonchev–Trinajstić information content (AvgIpc) is 3.47. The topological polar surface area (TPSA) is 80.9 Å². The quantitative estimate of drug-likeness (QED) is 0.717. The van der Waals surface area contributed by atoms with E-state index in [1.807, 2.05) is 12.1 Å². The Morgan fingerprint density at radius 2 is 2.00 bits per heavy atom. The first kappa shape index (κ1) is 19.8. The maximum atomic E-state index is 12.1. The van der Waals surface area contributed by atoms with Crippen LogP contribution in [0.3, 0.4) is 0 Å². The van der Waals surface area contributed by atoms with Crippen LogP contribution in [0.1, 0.15) is 45.9 Å². The zero-order valence-electron chi connectivity index (χ0n) is 17.5. The van der Waals surface area contributed by atoms with Crippen molar-refractivity contribution in [3.05, 3.63) is 42.1 Å². The van der Waals surface area contributed by atoms with Crippen molar-refractivity contribution in [2.24, 2.45) is 29.6 Å². The molecule has 1 amide bonds. The van der Waals surface area contributed by atoms with Gasteiger partial charge in [0.2, 0.25) is 17.7 Å². The van der Waals surface area contributed by atoms with Crippen LogP contribution in [0.25, 0.3) is 11.5 Å². The first-order chi connectivity index (χ1) is 14.0. The Kier molecular flexibility index (Phi) is 5.79. The predicted molar refractivity (Wildman–Crippen MR) is 111 cm³/mol. The van der Waals surface area contributed by atoms with Gasteiger partial charge in [-0.25, -0.2) is 0 Å². The number of pyridine rings is 1. The molecule has 3 atom stereocenters. The minimum Gasteiger partial charge on any atom is -0.421 e. The van der Waals surface area contributed by atoms with Gasteiger partial charge in [0.25, 0.3) is 0 Å². The third kappa shape index (κ3) is 4.74. The van der Waals surface area contributed by atoms with E-state index in [9.17, 15) is 4.79 Å². The van der Waals surface area contributed by atoms with Crippen molar-refractivity contribution < 1.29 is 9.21 Å². The van der Waals surface area contributed by atoms with Gasteiger partial charge in [0.05, 0.1) is 0 Å². The number of rotatable bonds is 7. The lowest BCUT2D eigenvalue weighted by Crippen LogP contribution is -2.37. The van der Waals surface area contributed by atoms with E-state index >= 15 is 0 Å². The van der Waals surface area contributed by atoms with E-state index in [2.05, 4.69) is 47.3 Å². The maximum absolute atomic E-state index is 12.1. The Morgan fingerprint density at radius 1 is 1.24 bits per heavy atom. The molecule has 1 fully saturated rings. The lowest BCUT2D eigenvalue weighted by molar-refractivity contribution is -0.122. The molecule has 0 aromatic carbocycles. The first-order valence-corrected chi connectivity index (χ1v) is 10.7. The standard InChI is InChI=1S/C23H30N4O2/c1-14(2)20-11-18(15(3)10-19(20)13-25-22(28)16-4-5-16)12-21-26-27-23(29-21)17-6-8-24-9-7-17/h6-10,14,16,18-20H,4-5,11-13H2,1-3H3,(H,25,28). The van der Waals surface area contributed by atoms with Crippen LogP contribution >= 0.6 is 0 Å². The Labute approximate surface area is 172 Å². The molecular formula is C23H30N4O2. The van der Waals surface area contributed by atoms with Crippen LogP contribution in [0.15, 0.2) is 40.6 Å². The number of nitrogens with one attached hydrogen (secondary N) is 1. The number of allylic oxidation sites excluding steroid dienone is 1. The van der Waals surface area contributed by atoms with Crippen LogP contribution in [0.4, 0.5) is 0 Å². The molecule has 1 N–H and O–H groups in total. The number of carbonyl (C=O) groups excluding carboxylic acids is 1. The van der Waals surface area contributed by atoms with E-state index in [4.69, 9.17) is 4.42 Å². The van der Waals surface area contributed by atoms with Crippen molar-refractivity contribution in [1.29, 1.82) is 0 Å². The zero-order valence-corrected chi connectivity index (χ0v) is 17.5. The second-order valence-corrected chi connectivity index (χ2v) is 8.88. The normalized spacial score (nSPS) is 24.4. The van der Waals surface area contributed by atoms with Gasteiger partial charge in [-0.05, 0) is 62.0 Å². The molecule has 4 rings (SSSR count). The molecule has 2 heterocycles. The highest BCUT2D eigenvalue weighted by Gasteiger charge is 2.34. The minimum absolute atomic E-state index is 0.232. The Bertz CT molecular complexity index is 870. The summed E-state index contributed by atoms with van der Waals surface area (Å²) >= 11 is 0. The molecule has 0 spiro atoms. The van der Waals surface area contributed by atoms with Crippen molar-refractivity contribution in [1.82, 2.24) is 20.5 Å². The van der Waals surface area contributed by atoms with Crippen molar-refractivity contribution >= 4 is 5.91 Å². The van der Waals surface area contributed by atoms with Gasteiger partial charge in [-0.1, -0.05) is 25.5 Å². The van der Waals surface area contributed by atoms with Crippen molar-refractivity contribution in [3.8, 4) is 11.5 Å². The largest absolute Gasteiger partial charge is 0.421 e. The fourth-order valence-electron chi connectivity index (χ4n) is 4.37. The van der Waals surface area contributed by atoms with Crippen LogP contribution in [0.2, 0.25) is 0 Å². The monoisotopic (exact) mass is 394 g/mol. The van der Waals surface area contributed by atoms with Crippen LogP contribution < -0.4 is 5.32 Å². The molecule has 6 nitrogen and oxygen atoms in total. The second-order valence-electron chi connectivity index (χ2n) is 8.88. The highest BCUT2D eigenvalue weighted by molar-refractivity contribution is 5.80. The van der Waals surface area contributed by atoms with Crippen LogP contribution in [-0.4, -0.2) is 27.6 Å². The Balaban J connectivity index is 1.43. The summed E-state index contributed by atoms with van der Waals surface area (Å²) in [6, 6.07) is 3.75. The highest BCUT2D eigenvalue weighted by atomic mass is 16.4. The van der Waals surface area contributed by atoms with Crippen molar-refractivity contribution in [3.63, 3.8) is 0 Å². The molecule has 2 aromatic heterocycles. The van der Waals surface area contributed by atoms with Gasteiger partial charge >= 0.3 is 0 Å². The van der Waals surface area contributed by atoms with E-state index in [0.717, 1.165) is 37.8 Å². The summed E-state index contributed by atoms with van der Waals surface area (Å²) in [6.07, 6.45) is 9.75. The van der Waals surface area contributed by atoms with Crippen LogP contribution in [-0.2, 0) is 11.2 Å². The smallest absolute Gasteiger partial charge is 0.247 e. The number of amides is 1. The molecule has 1 saturated carbocycles. The molecule has 154 valence electrons. The summed E-state index contributed by atoms with van der Waals surface area (Å²) in [5, 5.41) is 11.7. The van der Waals surface area contributed by atoms with Crippen molar-refractivity contribution in [2.75, 3.05) is 6.54 Å². The third-order valence-corrected chi connectivity index (χ3v) is 6.36. The Hall–Kier alpha value is -2.50. The molecule has 0 saturated heterocycles. The van der Waals surface area contributed by atoms with E-state index in [0.29, 0.717) is 35.5 Å². The third-order valence-electron chi connectivity index (χ3n) is 6.36. The van der Waals surface area contributed by atoms with E-state index in [1.165, 1.54) is 5.57 Å². The molecule has 3 unspecified atom stereocenters. The van der Waals surface area contributed by atoms with Gasteiger partial charge in [-0.15, -0.1) is 10.2 Å². The number of nitrogens with zero attached hydrogens (tertiary/aromatic N) is 3. The zero-order chi connectivity index (χ0) is 20.4. The fraction of sp³-hybridized carbons (Fsp3) is 0.565. The molecule has 0 radical (unpaired) electrons. The summed E-state index contributed by atoms with van der Waals surface area (Å²) in [6.45, 7) is 7.49. The summed E-state index contributed by atoms with van der Waals surface area (Å²) < 4.78 is 5.92. The van der Waals surface area contributed by atoms with Crippen LogP contribution in [0.5, 0.6) is 0 Å². The molecule has 2 aliphatic rings. The molecule has 6 heteroatoms. The van der Waals surface area contributed by atoms with E-state index < -0.39 is 0 Å². The minimum atomic E-state index is 0.232. The number of hydrogen-bond acceptors (Lipinski definition) is 5. The predicted octanol–water partition coefficient (Wildman–Crippen LogP) is 4.05. The SMILES string of the molecule is CC1=CC(CNC(=O)C2CC2)C(C(C)C)CC1Cc1nnc(-c2ccncc2)o1. The number of aromatic nitrogens is 3. The molecule has 29 heavy (non-hydrogen) atoms. The van der Waals surface area contributed by atoms with E-state index in [-0.39, 0.29) is 11.8 Å². The second kappa shape index (κ2) is 8.47. The van der Waals surface area contributed by atoms with Gasteiger partial charge in [0.15, 0.2) is 0 Å². The molecular weight excluding hydrogens is 364 g/mol. The first-order valence-electron chi connectivity index (χ1n) is 10.7. The maximum Gasteiger partial charge on any atom is 0.247 e. The van der Waals surface area contributed by atoms with Gasteiger partial charge in [-0.2, -0.15) is 0 Å². The van der Waals surface area contributed by atoms with Crippen molar-refractivity contribution in [2.45, 2.75) is 46.5 Å². The molecule has 2 aliphatic carbocycles. The number of carbonyl (C=O) groups is 1. The average molecular weight is 395 g/mol. The molecule has 0 aliphatic heterocycles. The van der Waals surface area contributed by atoms with Gasteiger partial charge in [0, 0.05) is 36.8 Å². The van der Waals surface area contributed by atoms with Gasteiger partial charge < -0.3 is 9.73 Å². The lowest BCUT2D eigenvalue weighted by atomic mass is 9.70. The summed E-state index contributed by atoms with van der Waals surface area (Å²) in [7, 11) is 0. The molecule has 0 bridgehead atoms. The lowest BCUT2D eigenvalue weighted by Gasteiger charge is -2.37. The summed E-state index contributed by atoms with van der Waals surface area (Å²) in [5.41, 5.74) is 2.25. The van der Waals surface area contributed by atoms with Crippen LogP contribution in [0, 0.1) is 29.6 Å². The summed E-state index contributed by atoms with van der Waals surface area (Å²) in [4.78, 5) is 16.1. The Morgan fingerprint density at radius 3 is 2.69 bits per heavy atom. The van der Waals surface area contributed by atoms with E-state index in [1.54, 1.807) is 12.4 Å².